The molecule has 1 fully saturated rings. The van der Waals surface area contributed by atoms with Crippen LogP contribution in [0.1, 0.15) is 12.8 Å². The predicted molar refractivity (Wildman–Crippen MR) is 71.4 cm³/mol. The Morgan fingerprint density at radius 1 is 1.39 bits per heavy atom. The Kier molecular flexibility index (Phi) is 5.19. The number of hydrogen-bond donors (Lipinski definition) is 1. The van der Waals surface area contributed by atoms with E-state index in [4.69, 9.17) is 9.84 Å². The SMILES string of the molecule is C[Si](C)(C)CCOC(=O)N1CCC[C@@H](C(=O)O)C1. The lowest BCUT2D eigenvalue weighted by molar-refractivity contribution is -0.143. The van der Waals surface area contributed by atoms with Crippen LogP contribution in [0.25, 0.3) is 0 Å². The molecule has 1 saturated heterocycles. The van der Waals surface area contributed by atoms with Gasteiger partial charge in [0.25, 0.3) is 0 Å². The lowest BCUT2D eigenvalue weighted by Crippen LogP contribution is -2.42. The van der Waals surface area contributed by atoms with Crippen LogP contribution in [-0.4, -0.2) is 49.8 Å². The topological polar surface area (TPSA) is 66.8 Å². The first-order valence-corrected chi connectivity index (χ1v) is 10.1. The van der Waals surface area contributed by atoms with Crippen LogP contribution in [0.3, 0.4) is 0 Å². The van der Waals surface area contributed by atoms with Gasteiger partial charge in [-0.3, -0.25) is 4.79 Å². The van der Waals surface area contributed by atoms with Gasteiger partial charge in [0.15, 0.2) is 0 Å². The van der Waals surface area contributed by atoms with E-state index < -0.39 is 20.0 Å². The van der Waals surface area contributed by atoms with E-state index in [1.165, 1.54) is 4.90 Å². The summed E-state index contributed by atoms with van der Waals surface area (Å²) in [5, 5.41) is 8.95. The van der Waals surface area contributed by atoms with E-state index in [2.05, 4.69) is 19.6 Å². The molecule has 0 radical (unpaired) electrons. The van der Waals surface area contributed by atoms with Crippen molar-refractivity contribution in [3.05, 3.63) is 0 Å². The number of carboxylic acid groups (broad SMARTS) is 1. The zero-order valence-electron chi connectivity index (χ0n) is 11.4. The summed E-state index contributed by atoms with van der Waals surface area (Å²) < 4.78 is 5.21. The van der Waals surface area contributed by atoms with Crippen LogP contribution < -0.4 is 0 Å². The molecule has 0 aromatic heterocycles. The van der Waals surface area contributed by atoms with Crippen molar-refractivity contribution >= 4 is 20.1 Å². The molecule has 0 aromatic carbocycles. The molecule has 0 bridgehead atoms. The molecule has 1 aliphatic rings. The average molecular weight is 273 g/mol. The van der Waals surface area contributed by atoms with Gasteiger partial charge in [0, 0.05) is 21.2 Å². The first kappa shape index (κ1) is 15.0. The lowest BCUT2D eigenvalue weighted by Gasteiger charge is -2.30. The van der Waals surface area contributed by atoms with Crippen LogP contribution >= 0.6 is 0 Å². The summed E-state index contributed by atoms with van der Waals surface area (Å²) in [6, 6.07) is 0.939. The van der Waals surface area contributed by atoms with E-state index in [0.717, 1.165) is 12.5 Å². The second-order valence-corrected chi connectivity index (χ2v) is 11.7. The highest BCUT2D eigenvalue weighted by molar-refractivity contribution is 6.76. The molecule has 0 spiro atoms. The van der Waals surface area contributed by atoms with E-state index in [9.17, 15) is 9.59 Å². The summed E-state index contributed by atoms with van der Waals surface area (Å²) >= 11 is 0. The number of amides is 1. The van der Waals surface area contributed by atoms with E-state index >= 15 is 0 Å². The standard InChI is InChI=1S/C12H23NO4Si/c1-18(2,3)8-7-17-12(16)13-6-4-5-10(9-13)11(14)15/h10H,4-9H2,1-3H3,(H,14,15)/t10-/m1/s1. The van der Waals surface area contributed by atoms with Crippen LogP contribution in [-0.2, 0) is 9.53 Å². The van der Waals surface area contributed by atoms with Gasteiger partial charge in [-0.25, -0.2) is 4.79 Å². The molecule has 1 aliphatic heterocycles. The molecule has 6 heteroatoms. The molecule has 1 rings (SSSR count). The second kappa shape index (κ2) is 6.22. The molecular weight excluding hydrogens is 250 g/mol. The molecule has 5 nitrogen and oxygen atoms in total. The Morgan fingerprint density at radius 2 is 2.06 bits per heavy atom. The molecule has 0 aromatic rings. The van der Waals surface area contributed by atoms with E-state index in [1.54, 1.807) is 0 Å². The predicted octanol–water partition coefficient (Wildman–Crippen LogP) is 2.26. The Bertz CT molecular complexity index is 314. The van der Waals surface area contributed by atoms with Gasteiger partial charge in [0.05, 0.1) is 12.5 Å². The summed E-state index contributed by atoms with van der Waals surface area (Å²) in [6.07, 6.45) is 1.02. The summed E-state index contributed by atoms with van der Waals surface area (Å²) in [6.45, 7) is 8.01. The number of nitrogens with zero attached hydrogens (tertiary/aromatic N) is 1. The quantitative estimate of drug-likeness (QED) is 0.798. The third-order valence-electron chi connectivity index (χ3n) is 3.11. The highest BCUT2D eigenvalue weighted by Gasteiger charge is 2.29. The minimum atomic E-state index is -1.19. The van der Waals surface area contributed by atoms with Gasteiger partial charge in [-0.2, -0.15) is 0 Å². The summed E-state index contributed by atoms with van der Waals surface area (Å²) in [5.41, 5.74) is 0. The molecule has 1 N–H and O–H groups in total. The molecule has 1 atom stereocenters. The van der Waals surface area contributed by atoms with Gasteiger partial charge in [-0.1, -0.05) is 19.6 Å². The van der Waals surface area contributed by atoms with Crippen molar-refractivity contribution in [3.63, 3.8) is 0 Å². The number of carbonyl (C=O) groups is 2. The molecule has 0 unspecified atom stereocenters. The highest BCUT2D eigenvalue weighted by atomic mass is 28.3. The first-order chi connectivity index (χ1) is 8.29. The maximum atomic E-state index is 11.8. The maximum Gasteiger partial charge on any atom is 0.409 e. The average Bonchev–Trinajstić information content (AvgIpc) is 2.27. The molecule has 104 valence electrons. The van der Waals surface area contributed by atoms with Crippen LogP contribution in [0.4, 0.5) is 4.79 Å². The fraction of sp³-hybridized carbons (Fsp3) is 0.833. The van der Waals surface area contributed by atoms with Gasteiger partial charge in [0.1, 0.15) is 0 Å². The number of piperidine rings is 1. The van der Waals surface area contributed by atoms with Crippen molar-refractivity contribution < 1.29 is 19.4 Å². The third-order valence-corrected chi connectivity index (χ3v) is 4.81. The zero-order valence-corrected chi connectivity index (χ0v) is 12.4. The summed E-state index contributed by atoms with van der Waals surface area (Å²) in [5.74, 6) is -1.27. The first-order valence-electron chi connectivity index (χ1n) is 6.44. The number of ether oxygens (including phenoxy) is 1. The van der Waals surface area contributed by atoms with Gasteiger partial charge < -0.3 is 14.7 Å². The van der Waals surface area contributed by atoms with Crippen LogP contribution in [0.15, 0.2) is 0 Å². The monoisotopic (exact) mass is 273 g/mol. The van der Waals surface area contributed by atoms with Crippen molar-refractivity contribution in [2.24, 2.45) is 5.92 Å². The minimum absolute atomic E-state index is 0.279. The van der Waals surface area contributed by atoms with Crippen molar-refractivity contribution in [3.8, 4) is 0 Å². The normalized spacial score (nSPS) is 20.6. The van der Waals surface area contributed by atoms with Crippen molar-refractivity contribution in [1.82, 2.24) is 4.90 Å². The lowest BCUT2D eigenvalue weighted by atomic mass is 9.99. The number of likely N-dealkylation sites (tertiary alicyclic amines) is 1. The molecular formula is C12H23NO4Si. The minimum Gasteiger partial charge on any atom is -0.481 e. The summed E-state index contributed by atoms with van der Waals surface area (Å²) in [7, 11) is -1.19. The smallest absolute Gasteiger partial charge is 0.409 e. The number of rotatable bonds is 4. The van der Waals surface area contributed by atoms with Crippen LogP contribution in [0.2, 0.25) is 25.7 Å². The van der Waals surface area contributed by atoms with Crippen molar-refractivity contribution in [1.29, 1.82) is 0 Å². The van der Waals surface area contributed by atoms with Crippen LogP contribution in [0.5, 0.6) is 0 Å². The van der Waals surface area contributed by atoms with Crippen molar-refractivity contribution in [2.45, 2.75) is 38.5 Å². The Morgan fingerprint density at radius 3 is 2.61 bits per heavy atom. The summed E-state index contributed by atoms with van der Waals surface area (Å²) in [4.78, 5) is 24.2. The number of hydrogen-bond acceptors (Lipinski definition) is 3. The van der Waals surface area contributed by atoms with Crippen LogP contribution in [0, 0.1) is 5.92 Å². The van der Waals surface area contributed by atoms with E-state index in [-0.39, 0.29) is 12.6 Å². The number of carbonyl (C=O) groups excluding carboxylic acids is 1. The molecule has 18 heavy (non-hydrogen) atoms. The Labute approximate surface area is 109 Å². The van der Waals surface area contributed by atoms with Crippen molar-refractivity contribution in [2.75, 3.05) is 19.7 Å². The second-order valence-electron chi connectivity index (χ2n) is 6.05. The largest absolute Gasteiger partial charge is 0.481 e. The van der Waals surface area contributed by atoms with Gasteiger partial charge in [-0.15, -0.1) is 0 Å². The molecule has 0 saturated carbocycles. The third kappa shape index (κ3) is 5.08. The fourth-order valence-corrected chi connectivity index (χ4v) is 2.59. The number of carboxylic acids is 1. The fourth-order valence-electron chi connectivity index (χ4n) is 1.88. The maximum absolute atomic E-state index is 11.8. The zero-order chi connectivity index (χ0) is 13.8. The highest BCUT2D eigenvalue weighted by Crippen LogP contribution is 2.17. The molecule has 1 amide bonds. The van der Waals surface area contributed by atoms with E-state index in [0.29, 0.717) is 19.6 Å². The molecule has 0 aliphatic carbocycles. The Balaban J connectivity index is 2.35. The number of aliphatic carboxylic acids is 1. The van der Waals surface area contributed by atoms with Gasteiger partial charge in [-0.05, 0) is 18.9 Å². The van der Waals surface area contributed by atoms with Gasteiger partial charge in [0.2, 0.25) is 0 Å². The van der Waals surface area contributed by atoms with Gasteiger partial charge >= 0.3 is 12.1 Å². The molecule has 1 heterocycles. The Hall–Kier alpha value is -1.04. The van der Waals surface area contributed by atoms with E-state index in [1.807, 2.05) is 0 Å².